The van der Waals surface area contributed by atoms with Crippen molar-refractivity contribution in [1.82, 2.24) is 30.8 Å². The van der Waals surface area contributed by atoms with Gasteiger partial charge in [-0.3, -0.25) is 14.4 Å². The average Bonchev–Trinajstić information content (AvgIpc) is 3.21. The monoisotopic (exact) mass is 460 g/mol. The number of ether oxygens (including phenoxy) is 1. The van der Waals surface area contributed by atoms with Crippen LogP contribution in [0.4, 0.5) is 0 Å². The lowest BCUT2D eigenvalue weighted by Gasteiger charge is -2.23. The zero-order valence-electron chi connectivity index (χ0n) is 19.0. The molecule has 0 radical (unpaired) electrons. The van der Waals surface area contributed by atoms with Gasteiger partial charge in [-0.25, -0.2) is 4.68 Å². The van der Waals surface area contributed by atoms with Gasteiger partial charge in [-0.15, -0.1) is 5.10 Å². The molecule has 3 amide bonds. The fourth-order valence-electron chi connectivity index (χ4n) is 2.82. The van der Waals surface area contributed by atoms with E-state index in [0.717, 1.165) is 5.56 Å². The molecule has 0 unspecified atom stereocenters. The predicted molar refractivity (Wildman–Crippen MR) is 119 cm³/mol. The van der Waals surface area contributed by atoms with Crippen molar-refractivity contribution in [3.05, 3.63) is 41.7 Å². The molecule has 33 heavy (non-hydrogen) atoms. The molecule has 0 spiro atoms. The summed E-state index contributed by atoms with van der Waals surface area (Å²) in [5.74, 6) is -0.655. The molecular weight excluding hydrogens is 428 g/mol. The summed E-state index contributed by atoms with van der Waals surface area (Å²) in [6.07, 6.45) is 0.758. The van der Waals surface area contributed by atoms with Crippen LogP contribution >= 0.6 is 0 Å². The molecule has 12 nitrogen and oxygen atoms in total. The lowest BCUT2D eigenvalue weighted by Crippen LogP contribution is -2.51. The molecule has 1 heterocycles. The van der Waals surface area contributed by atoms with E-state index < -0.39 is 17.5 Å². The van der Waals surface area contributed by atoms with Gasteiger partial charge in [0.05, 0.1) is 18.8 Å². The zero-order valence-corrected chi connectivity index (χ0v) is 19.0. The molecule has 0 aliphatic heterocycles. The SMILES string of the molecule is CC(C)(N)C(=O)N[C@H](COCc1ccccc1)c1nnnn1CCCC(=O)NCCC(N)=O. The van der Waals surface area contributed by atoms with Crippen molar-refractivity contribution in [2.45, 2.75) is 57.8 Å². The average molecular weight is 461 g/mol. The summed E-state index contributed by atoms with van der Waals surface area (Å²) in [5.41, 5.74) is 10.9. The fourth-order valence-corrected chi connectivity index (χ4v) is 2.82. The van der Waals surface area contributed by atoms with E-state index >= 15 is 0 Å². The summed E-state index contributed by atoms with van der Waals surface area (Å²) >= 11 is 0. The van der Waals surface area contributed by atoms with Crippen LogP contribution in [0.2, 0.25) is 0 Å². The number of tetrazole rings is 1. The van der Waals surface area contributed by atoms with Gasteiger partial charge in [-0.05, 0) is 36.3 Å². The molecule has 0 fully saturated rings. The number of hydrogen-bond acceptors (Lipinski definition) is 8. The van der Waals surface area contributed by atoms with E-state index in [0.29, 0.717) is 25.4 Å². The number of amides is 3. The Balaban J connectivity index is 1.98. The Morgan fingerprint density at radius 3 is 2.58 bits per heavy atom. The van der Waals surface area contributed by atoms with E-state index in [1.807, 2.05) is 30.3 Å². The highest BCUT2D eigenvalue weighted by Crippen LogP contribution is 2.14. The van der Waals surface area contributed by atoms with Gasteiger partial charge in [-0.2, -0.15) is 0 Å². The molecule has 0 aliphatic rings. The zero-order chi connectivity index (χ0) is 24.3. The second-order valence-electron chi connectivity index (χ2n) is 8.18. The van der Waals surface area contributed by atoms with Crippen LogP contribution in [0.5, 0.6) is 0 Å². The fraction of sp³-hybridized carbons (Fsp3) is 0.524. The molecule has 0 aliphatic carbocycles. The highest BCUT2D eigenvalue weighted by molar-refractivity contribution is 5.85. The number of rotatable bonds is 14. The number of nitrogens with one attached hydrogen (secondary N) is 2. The van der Waals surface area contributed by atoms with E-state index in [1.165, 1.54) is 4.68 Å². The number of primary amides is 1. The van der Waals surface area contributed by atoms with E-state index in [1.54, 1.807) is 13.8 Å². The smallest absolute Gasteiger partial charge is 0.240 e. The Bertz CT molecular complexity index is 910. The number of carbonyl (C=O) groups is 3. The Morgan fingerprint density at radius 2 is 1.91 bits per heavy atom. The standard InChI is InChI=1S/C21H32N8O4/c1-21(2,23)20(32)25-16(14-33-13-15-7-4-3-5-8-15)19-26-27-28-29(19)12-6-9-18(31)24-11-10-17(22)30/h3-5,7-8,16H,6,9-14,23H2,1-2H3,(H2,22,30)(H,24,31)(H,25,32)/t16-/m1/s1. The third-order valence-corrected chi connectivity index (χ3v) is 4.63. The van der Waals surface area contributed by atoms with Crippen molar-refractivity contribution in [3.63, 3.8) is 0 Å². The van der Waals surface area contributed by atoms with Gasteiger partial charge in [0.25, 0.3) is 0 Å². The highest BCUT2D eigenvalue weighted by atomic mass is 16.5. The van der Waals surface area contributed by atoms with Crippen LogP contribution in [-0.2, 0) is 32.3 Å². The largest absolute Gasteiger partial charge is 0.374 e. The van der Waals surface area contributed by atoms with Gasteiger partial charge in [0.2, 0.25) is 17.7 Å². The maximum absolute atomic E-state index is 12.5. The summed E-state index contributed by atoms with van der Waals surface area (Å²) in [6.45, 7) is 4.24. The Hall–Kier alpha value is -3.38. The van der Waals surface area contributed by atoms with Gasteiger partial charge >= 0.3 is 0 Å². The number of aryl methyl sites for hydroxylation is 1. The van der Waals surface area contributed by atoms with Gasteiger partial charge in [0, 0.05) is 25.9 Å². The number of nitrogens with two attached hydrogens (primary N) is 2. The van der Waals surface area contributed by atoms with Crippen LogP contribution in [0.25, 0.3) is 0 Å². The normalized spacial score (nSPS) is 12.2. The first-order chi connectivity index (χ1) is 15.7. The van der Waals surface area contributed by atoms with Crippen LogP contribution < -0.4 is 22.1 Å². The molecule has 1 aromatic heterocycles. The van der Waals surface area contributed by atoms with Crippen molar-refractivity contribution in [2.24, 2.45) is 11.5 Å². The highest BCUT2D eigenvalue weighted by Gasteiger charge is 2.28. The molecular formula is C21H32N8O4. The maximum Gasteiger partial charge on any atom is 0.240 e. The van der Waals surface area contributed by atoms with Crippen molar-refractivity contribution in [1.29, 1.82) is 0 Å². The molecule has 0 bridgehead atoms. The van der Waals surface area contributed by atoms with E-state index in [9.17, 15) is 14.4 Å². The van der Waals surface area contributed by atoms with Crippen molar-refractivity contribution < 1.29 is 19.1 Å². The van der Waals surface area contributed by atoms with E-state index in [2.05, 4.69) is 26.2 Å². The predicted octanol–water partition coefficient (Wildman–Crippen LogP) is -0.444. The molecule has 6 N–H and O–H groups in total. The Morgan fingerprint density at radius 1 is 1.18 bits per heavy atom. The number of nitrogens with zero attached hydrogens (tertiary/aromatic N) is 4. The van der Waals surface area contributed by atoms with Crippen LogP contribution in [0, 0.1) is 0 Å². The third-order valence-electron chi connectivity index (χ3n) is 4.63. The van der Waals surface area contributed by atoms with Gasteiger partial charge in [0.15, 0.2) is 5.82 Å². The summed E-state index contributed by atoms with van der Waals surface area (Å²) in [7, 11) is 0. The van der Waals surface area contributed by atoms with Gasteiger partial charge in [-0.1, -0.05) is 30.3 Å². The topological polar surface area (TPSA) is 180 Å². The van der Waals surface area contributed by atoms with E-state index in [4.69, 9.17) is 16.2 Å². The molecule has 12 heteroatoms. The van der Waals surface area contributed by atoms with Crippen LogP contribution in [-0.4, -0.2) is 56.6 Å². The molecule has 2 rings (SSSR count). The van der Waals surface area contributed by atoms with Crippen molar-refractivity contribution in [3.8, 4) is 0 Å². The van der Waals surface area contributed by atoms with Gasteiger partial charge in [0.1, 0.15) is 6.04 Å². The minimum absolute atomic E-state index is 0.0880. The molecule has 0 saturated carbocycles. The minimum atomic E-state index is -1.10. The quantitative estimate of drug-likeness (QED) is 0.293. The summed E-state index contributed by atoms with van der Waals surface area (Å²) in [4.78, 5) is 35.1. The number of aromatic nitrogens is 4. The second kappa shape index (κ2) is 12.6. The van der Waals surface area contributed by atoms with Crippen LogP contribution in [0.15, 0.2) is 30.3 Å². The van der Waals surface area contributed by atoms with Crippen molar-refractivity contribution in [2.75, 3.05) is 13.2 Å². The first-order valence-corrected chi connectivity index (χ1v) is 10.7. The second-order valence-corrected chi connectivity index (χ2v) is 8.18. The summed E-state index contributed by atoms with van der Waals surface area (Å²) < 4.78 is 7.34. The molecule has 0 saturated heterocycles. The number of carbonyl (C=O) groups excluding carboxylic acids is 3. The lowest BCUT2D eigenvalue weighted by molar-refractivity contribution is -0.126. The molecule has 1 aromatic carbocycles. The first kappa shape index (κ1) is 25.9. The molecule has 180 valence electrons. The number of benzene rings is 1. The minimum Gasteiger partial charge on any atom is -0.374 e. The number of hydrogen-bond donors (Lipinski definition) is 4. The summed E-state index contributed by atoms with van der Waals surface area (Å²) in [5, 5.41) is 17.2. The lowest BCUT2D eigenvalue weighted by atomic mass is 10.1. The Labute approximate surface area is 192 Å². The first-order valence-electron chi connectivity index (χ1n) is 10.7. The molecule has 2 aromatic rings. The van der Waals surface area contributed by atoms with Gasteiger partial charge < -0.3 is 26.8 Å². The Kier molecular flexibility index (Phi) is 9.88. The van der Waals surface area contributed by atoms with Crippen LogP contribution in [0.3, 0.4) is 0 Å². The summed E-state index contributed by atoms with van der Waals surface area (Å²) in [6, 6.07) is 8.99. The third kappa shape index (κ3) is 9.33. The maximum atomic E-state index is 12.5. The van der Waals surface area contributed by atoms with E-state index in [-0.39, 0.29) is 37.8 Å². The van der Waals surface area contributed by atoms with Crippen molar-refractivity contribution >= 4 is 17.7 Å². The molecule has 1 atom stereocenters. The van der Waals surface area contributed by atoms with Crippen LogP contribution in [0.1, 0.15) is 50.5 Å².